The van der Waals surface area contributed by atoms with Gasteiger partial charge in [0.15, 0.2) is 0 Å². The van der Waals surface area contributed by atoms with Gasteiger partial charge in [-0.05, 0) is 27.7 Å². The van der Waals surface area contributed by atoms with E-state index in [4.69, 9.17) is 4.74 Å². The molecule has 1 saturated heterocycles. The summed E-state index contributed by atoms with van der Waals surface area (Å²) in [6.07, 6.45) is -6.30. The number of nitrogens with zero attached hydrogens (tertiary/aromatic N) is 1. The van der Waals surface area contributed by atoms with Crippen molar-refractivity contribution in [2.75, 3.05) is 6.54 Å². The van der Waals surface area contributed by atoms with E-state index < -0.39 is 30.2 Å². The molecule has 4 nitrogen and oxygen atoms in total. The highest BCUT2D eigenvalue weighted by molar-refractivity contribution is 5.69. The summed E-state index contributed by atoms with van der Waals surface area (Å²) in [5, 5.41) is 0. The quantitative estimate of drug-likeness (QED) is 0.722. The van der Waals surface area contributed by atoms with Crippen LogP contribution in [0, 0.1) is 0 Å². The Morgan fingerprint density at radius 1 is 1.29 bits per heavy atom. The minimum absolute atomic E-state index is 0.102. The number of hydrogen-bond donors (Lipinski definition) is 0. The fourth-order valence-corrected chi connectivity index (χ4v) is 1.44. The fraction of sp³-hybridized carbons (Fsp3) is 0.900. The number of alkyl halides is 3. The molecule has 0 radical (unpaired) electrons. The van der Waals surface area contributed by atoms with Crippen LogP contribution in [-0.4, -0.2) is 41.6 Å². The molecule has 2 unspecified atom stereocenters. The predicted molar refractivity (Wildman–Crippen MR) is 53.3 cm³/mol. The molecule has 7 heteroatoms. The average Bonchev–Trinajstić information content (AvgIpc) is 2.06. The molecule has 2 atom stereocenters. The van der Waals surface area contributed by atoms with E-state index in [1.165, 1.54) is 11.8 Å². The Morgan fingerprint density at radius 3 is 2.18 bits per heavy atom. The third kappa shape index (κ3) is 4.07. The average molecular weight is 255 g/mol. The minimum Gasteiger partial charge on any atom is -0.444 e. The second kappa shape index (κ2) is 4.36. The minimum atomic E-state index is -4.67. The van der Waals surface area contributed by atoms with Crippen LogP contribution in [0.3, 0.4) is 0 Å². The molecule has 17 heavy (non-hydrogen) atoms. The van der Waals surface area contributed by atoms with Gasteiger partial charge in [0.05, 0.1) is 12.6 Å². The molecule has 0 spiro atoms. The number of ether oxygens (including phenoxy) is 2. The number of likely N-dealkylation sites (tertiary alicyclic amines) is 1. The van der Waals surface area contributed by atoms with Gasteiger partial charge >= 0.3 is 12.5 Å². The van der Waals surface area contributed by atoms with Crippen LogP contribution in [0.25, 0.3) is 0 Å². The van der Waals surface area contributed by atoms with Crippen LogP contribution in [0.2, 0.25) is 0 Å². The van der Waals surface area contributed by atoms with Crippen molar-refractivity contribution in [1.29, 1.82) is 0 Å². The van der Waals surface area contributed by atoms with Crippen LogP contribution < -0.4 is 0 Å². The molecule has 0 aliphatic carbocycles. The molecule has 0 saturated carbocycles. The third-order valence-electron chi connectivity index (χ3n) is 2.32. The summed E-state index contributed by atoms with van der Waals surface area (Å²) in [6, 6.07) is -0.633. The Kier molecular flexibility index (Phi) is 3.61. The molecule has 1 amide bonds. The lowest BCUT2D eigenvalue weighted by molar-refractivity contribution is -0.359. The molecular weight excluding hydrogens is 239 g/mol. The van der Waals surface area contributed by atoms with Gasteiger partial charge in [-0.15, -0.1) is 13.2 Å². The van der Waals surface area contributed by atoms with Crippen molar-refractivity contribution >= 4 is 6.09 Å². The number of carbonyl (C=O) groups is 1. The molecule has 1 heterocycles. The first-order valence-electron chi connectivity index (χ1n) is 5.24. The molecule has 1 aliphatic rings. The third-order valence-corrected chi connectivity index (χ3v) is 2.32. The molecule has 1 aliphatic heterocycles. The number of hydrogen-bond acceptors (Lipinski definition) is 3. The van der Waals surface area contributed by atoms with Crippen molar-refractivity contribution in [1.82, 2.24) is 4.90 Å². The van der Waals surface area contributed by atoms with Gasteiger partial charge in [0.1, 0.15) is 11.7 Å². The lowest BCUT2D eigenvalue weighted by Gasteiger charge is -2.45. The van der Waals surface area contributed by atoms with E-state index in [2.05, 4.69) is 4.74 Å². The van der Waals surface area contributed by atoms with Crippen molar-refractivity contribution < 1.29 is 27.4 Å². The van der Waals surface area contributed by atoms with Crippen LogP contribution in [0.5, 0.6) is 0 Å². The van der Waals surface area contributed by atoms with Gasteiger partial charge in [-0.25, -0.2) is 4.79 Å². The van der Waals surface area contributed by atoms with Crippen molar-refractivity contribution in [2.45, 2.75) is 51.8 Å². The maximum atomic E-state index is 11.9. The van der Waals surface area contributed by atoms with Crippen molar-refractivity contribution in [3.05, 3.63) is 0 Å². The second-order valence-electron chi connectivity index (χ2n) is 4.98. The largest absolute Gasteiger partial charge is 0.522 e. The van der Waals surface area contributed by atoms with Gasteiger partial charge in [0.2, 0.25) is 0 Å². The van der Waals surface area contributed by atoms with E-state index in [9.17, 15) is 18.0 Å². The highest BCUT2D eigenvalue weighted by atomic mass is 19.4. The Labute approximate surface area is 97.7 Å². The maximum absolute atomic E-state index is 11.9. The van der Waals surface area contributed by atoms with E-state index in [-0.39, 0.29) is 6.54 Å². The summed E-state index contributed by atoms with van der Waals surface area (Å²) < 4.78 is 44.7. The molecule has 100 valence electrons. The van der Waals surface area contributed by atoms with E-state index in [0.29, 0.717) is 0 Å². The van der Waals surface area contributed by atoms with Crippen molar-refractivity contribution in [3.63, 3.8) is 0 Å². The van der Waals surface area contributed by atoms with Gasteiger partial charge in [0, 0.05) is 0 Å². The summed E-state index contributed by atoms with van der Waals surface area (Å²) >= 11 is 0. The van der Waals surface area contributed by atoms with Gasteiger partial charge in [-0.2, -0.15) is 0 Å². The molecule has 0 N–H and O–H groups in total. The summed E-state index contributed by atoms with van der Waals surface area (Å²) in [5.41, 5.74) is -0.660. The lowest BCUT2D eigenvalue weighted by Crippen LogP contribution is -2.63. The predicted octanol–water partition coefficient (Wildman–Crippen LogP) is 2.53. The first kappa shape index (κ1) is 14.1. The van der Waals surface area contributed by atoms with Crippen LogP contribution in [-0.2, 0) is 9.47 Å². The molecular formula is C10H16F3NO3. The second-order valence-corrected chi connectivity index (χ2v) is 4.98. The fourth-order valence-electron chi connectivity index (χ4n) is 1.44. The van der Waals surface area contributed by atoms with Gasteiger partial charge in [0.25, 0.3) is 0 Å². The first-order valence-corrected chi connectivity index (χ1v) is 5.24. The summed E-state index contributed by atoms with van der Waals surface area (Å²) in [7, 11) is 0. The molecule has 1 fully saturated rings. The van der Waals surface area contributed by atoms with Crippen molar-refractivity contribution in [2.24, 2.45) is 0 Å². The molecule has 0 aromatic rings. The van der Waals surface area contributed by atoms with E-state index in [1.54, 1.807) is 20.8 Å². The summed E-state index contributed by atoms with van der Waals surface area (Å²) in [4.78, 5) is 12.7. The van der Waals surface area contributed by atoms with Crippen LogP contribution in [0.4, 0.5) is 18.0 Å². The van der Waals surface area contributed by atoms with E-state index in [1.807, 2.05) is 0 Å². The highest BCUT2D eigenvalue weighted by Crippen LogP contribution is 2.29. The Morgan fingerprint density at radius 2 is 1.82 bits per heavy atom. The number of carbonyl (C=O) groups excluding carboxylic acids is 1. The Bertz CT molecular complexity index is 298. The topological polar surface area (TPSA) is 38.8 Å². The zero-order valence-corrected chi connectivity index (χ0v) is 10.2. The standard InChI is InChI=1S/C10H16F3NO3/c1-6-7(16-10(11,12)13)5-14(6)8(15)17-9(2,3)4/h6-7H,5H2,1-4H3. The molecule has 0 aromatic heterocycles. The monoisotopic (exact) mass is 255 g/mol. The lowest BCUT2D eigenvalue weighted by atomic mass is 10.0. The van der Waals surface area contributed by atoms with E-state index >= 15 is 0 Å². The zero-order valence-electron chi connectivity index (χ0n) is 10.2. The first-order chi connectivity index (χ1) is 7.49. The highest BCUT2D eigenvalue weighted by Gasteiger charge is 2.47. The van der Waals surface area contributed by atoms with Crippen molar-refractivity contribution in [3.8, 4) is 0 Å². The van der Waals surface area contributed by atoms with Crippen LogP contribution in [0.15, 0.2) is 0 Å². The molecule has 1 rings (SSSR count). The Hall–Kier alpha value is -0.980. The molecule has 0 aromatic carbocycles. The van der Waals surface area contributed by atoms with E-state index in [0.717, 1.165) is 0 Å². The number of halogens is 3. The van der Waals surface area contributed by atoms with Gasteiger partial charge in [-0.1, -0.05) is 0 Å². The smallest absolute Gasteiger partial charge is 0.444 e. The van der Waals surface area contributed by atoms with Crippen LogP contribution in [0.1, 0.15) is 27.7 Å². The normalized spacial score (nSPS) is 25.5. The SMILES string of the molecule is CC1C(OC(F)(F)F)CN1C(=O)OC(C)(C)C. The Balaban J connectivity index is 2.44. The van der Waals surface area contributed by atoms with Crippen LogP contribution >= 0.6 is 0 Å². The summed E-state index contributed by atoms with van der Waals surface area (Å²) in [5.74, 6) is 0. The molecule has 0 bridgehead atoms. The number of amides is 1. The number of rotatable bonds is 1. The zero-order chi connectivity index (χ0) is 13.4. The maximum Gasteiger partial charge on any atom is 0.522 e. The van der Waals surface area contributed by atoms with Gasteiger partial charge in [-0.3, -0.25) is 4.74 Å². The summed E-state index contributed by atoms with van der Waals surface area (Å²) in [6.45, 7) is 6.47. The van der Waals surface area contributed by atoms with Gasteiger partial charge < -0.3 is 9.64 Å².